The summed E-state index contributed by atoms with van der Waals surface area (Å²) in [6.07, 6.45) is 2.65. The maximum Gasteiger partial charge on any atom is 0.257 e. The standard InChI is InChI=1S/C15H13N3O2/c16-6-2-4-11-3-1-5-13(7-11)18-15(20)12-8-14(19)10-17-9-12/h1,3,5,7-10,19H,6,16H2,(H,18,20). The molecule has 0 aliphatic carbocycles. The van der Waals surface area contributed by atoms with Crippen LogP contribution in [0.3, 0.4) is 0 Å². The van der Waals surface area contributed by atoms with Crippen LogP contribution >= 0.6 is 0 Å². The molecule has 0 spiro atoms. The average Bonchev–Trinajstić information content (AvgIpc) is 2.45. The molecule has 0 radical (unpaired) electrons. The van der Waals surface area contributed by atoms with Gasteiger partial charge in [0.25, 0.3) is 5.91 Å². The molecule has 0 saturated carbocycles. The van der Waals surface area contributed by atoms with Crippen molar-refractivity contribution in [2.45, 2.75) is 0 Å². The normalized spacial score (nSPS) is 9.45. The first-order valence-electron chi connectivity index (χ1n) is 5.93. The second-order valence-electron chi connectivity index (χ2n) is 3.97. The number of nitrogens with zero attached hydrogens (tertiary/aromatic N) is 1. The van der Waals surface area contributed by atoms with Crippen molar-refractivity contribution in [1.29, 1.82) is 0 Å². The van der Waals surface area contributed by atoms with Gasteiger partial charge in [0.2, 0.25) is 0 Å². The lowest BCUT2D eigenvalue weighted by Crippen LogP contribution is -2.12. The van der Waals surface area contributed by atoms with E-state index in [4.69, 9.17) is 5.73 Å². The van der Waals surface area contributed by atoms with Crippen LogP contribution < -0.4 is 11.1 Å². The Kier molecular flexibility index (Phi) is 4.32. The summed E-state index contributed by atoms with van der Waals surface area (Å²) in [5.74, 6) is 5.23. The van der Waals surface area contributed by atoms with Crippen molar-refractivity contribution < 1.29 is 9.90 Å². The minimum absolute atomic E-state index is 0.0554. The molecule has 0 fully saturated rings. The van der Waals surface area contributed by atoms with E-state index in [0.29, 0.717) is 5.69 Å². The predicted molar refractivity (Wildman–Crippen MR) is 76.2 cm³/mol. The highest BCUT2D eigenvalue weighted by Gasteiger charge is 2.07. The first kappa shape index (κ1) is 13.6. The zero-order chi connectivity index (χ0) is 14.4. The van der Waals surface area contributed by atoms with Crippen LogP contribution in [0.15, 0.2) is 42.7 Å². The minimum atomic E-state index is -0.350. The molecular weight excluding hydrogens is 254 g/mol. The number of pyridine rings is 1. The lowest BCUT2D eigenvalue weighted by Gasteiger charge is -2.05. The molecular formula is C15H13N3O2. The van der Waals surface area contributed by atoms with Gasteiger partial charge < -0.3 is 16.2 Å². The monoisotopic (exact) mass is 267 g/mol. The Balaban J connectivity index is 2.15. The van der Waals surface area contributed by atoms with Crippen molar-refractivity contribution in [3.8, 4) is 17.6 Å². The van der Waals surface area contributed by atoms with Gasteiger partial charge in [-0.25, -0.2) is 0 Å². The molecule has 0 saturated heterocycles. The summed E-state index contributed by atoms with van der Waals surface area (Å²) in [4.78, 5) is 15.7. The van der Waals surface area contributed by atoms with E-state index in [1.165, 1.54) is 18.5 Å². The summed E-state index contributed by atoms with van der Waals surface area (Å²) >= 11 is 0. The lowest BCUT2D eigenvalue weighted by atomic mass is 10.2. The fourth-order valence-electron chi connectivity index (χ4n) is 1.58. The van der Waals surface area contributed by atoms with Gasteiger partial charge in [-0.05, 0) is 24.3 Å². The molecule has 0 bridgehead atoms. The third-order valence-electron chi connectivity index (χ3n) is 2.44. The molecule has 5 heteroatoms. The van der Waals surface area contributed by atoms with Crippen LogP contribution in [-0.4, -0.2) is 22.5 Å². The van der Waals surface area contributed by atoms with Gasteiger partial charge in [-0.1, -0.05) is 17.9 Å². The van der Waals surface area contributed by atoms with Gasteiger partial charge >= 0.3 is 0 Å². The summed E-state index contributed by atoms with van der Waals surface area (Å²) < 4.78 is 0. The number of benzene rings is 1. The molecule has 0 aliphatic rings. The van der Waals surface area contributed by atoms with Crippen LogP contribution in [0.5, 0.6) is 5.75 Å². The van der Waals surface area contributed by atoms with E-state index in [2.05, 4.69) is 22.1 Å². The quantitative estimate of drug-likeness (QED) is 0.717. The second-order valence-corrected chi connectivity index (χ2v) is 3.97. The molecule has 100 valence electrons. The van der Waals surface area contributed by atoms with Crippen molar-refractivity contribution in [2.75, 3.05) is 11.9 Å². The third kappa shape index (κ3) is 3.57. The summed E-state index contributed by atoms with van der Waals surface area (Å²) in [7, 11) is 0. The highest BCUT2D eigenvalue weighted by molar-refractivity contribution is 6.04. The fourth-order valence-corrected chi connectivity index (χ4v) is 1.58. The van der Waals surface area contributed by atoms with E-state index < -0.39 is 0 Å². The Labute approximate surface area is 116 Å². The Morgan fingerprint density at radius 1 is 1.35 bits per heavy atom. The predicted octanol–water partition coefficient (Wildman–Crippen LogP) is 1.35. The van der Waals surface area contributed by atoms with Crippen LogP contribution in [-0.2, 0) is 0 Å². The summed E-state index contributed by atoms with van der Waals surface area (Å²) in [5, 5.41) is 12.0. The van der Waals surface area contributed by atoms with Gasteiger partial charge in [-0.2, -0.15) is 0 Å². The van der Waals surface area contributed by atoms with Gasteiger partial charge in [0.1, 0.15) is 5.75 Å². The SMILES string of the molecule is NCC#Cc1cccc(NC(=O)c2cncc(O)c2)c1. The van der Waals surface area contributed by atoms with Crippen molar-refractivity contribution >= 4 is 11.6 Å². The van der Waals surface area contributed by atoms with E-state index in [9.17, 15) is 9.90 Å². The summed E-state index contributed by atoms with van der Waals surface area (Å²) in [5.41, 5.74) is 6.97. The average molecular weight is 267 g/mol. The minimum Gasteiger partial charge on any atom is -0.506 e. The Bertz CT molecular complexity index is 687. The topological polar surface area (TPSA) is 88.2 Å². The highest BCUT2D eigenvalue weighted by atomic mass is 16.3. The number of rotatable bonds is 2. The lowest BCUT2D eigenvalue weighted by molar-refractivity contribution is 0.102. The molecule has 2 rings (SSSR count). The summed E-state index contributed by atoms with van der Waals surface area (Å²) in [6.45, 7) is 0.283. The van der Waals surface area contributed by atoms with Gasteiger partial charge in [0.05, 0.1) is 18.3 Å². The van der Waals surface area contributed by atoms with Crippen LogP contribution in [0.4, 0.5) is 5.69 Å². The summed E-state index contributed by atoms with van der Waals surface area (Å²) in [6, 6.07) is 8.46. The van der Waals surface area contributed by atoms with Crippen LogP contribution in [0.1, 0.15) is 15.9 Å². The van der Waals surface area contributed by atoms with Gasteiger partial charge in [-0.3, -0.25) is 9.78 Å². The van der Waals surface area contributed by atoms with Crippen LogP contribution in [0.25, 0.3) is 0 Å². The van der Waals surface area contributed by atoms with Crippen molar-refractivity contribution in [3.63, 3.8) is 0 Å². The second kappa shape index (κ2) is 6.36. The number of hydrogen-bond donors (Lipinski definition) is 3. The van der Waals surface area contributed by atoms with Crippen molar-refractivity contribution in [1.82, 2.24) is 4.98 Å². The van der Waals surface area contributed by atoms with E-state index in [1.54, 1.807) is 18.2 Å². The molecule has 20 heavy (non-hydrogen) atoms. The number of nitrogens with two attached hydrogens (primary N) is 1. The molecule has 5 nitrogen and oxygen atoms in total. The smallest absolute Gasteiger partial charge is 0.257 e. The number of aromatic nitrogens is 1. The number of aromatic hydroxyl groups is 1. The molecule has 1 aromatic carbocycles. The van der Waals surface area contributed by atoms with E-state index in [0.717, 1.165) is 5.56 Å². The van der Waals surface area contributed by atoms with Crippen molar-refractivity contribution in [3.05, 3.63) is 53.9 Å². The number of amides is 1. The Morgan fingerprint density at radius 3 is 2.95 bits per heavy atom. The molecule has 1 amide bonds. The zero-order valence-electron chi connectivity index (χ0n) is 10.6. The Hall–Kier alpha value is -2.84. The molecule has 0 atom stereocenters. The number of hydrogen-bond acceptors (Lipinski definition) is 4. The first-order chi connectivity index (χ1) is 9.69. The van der Waals surface area contributed by atoms with Crippen LogP contribution in [0, 0.1) is 11.8 Å². The zero-order valence-corrected chi connectivity index (χ0v) is 10.6. The third-order valence-corrected chi connectivity index (χ3v) is 2.44. The largest absolute Gasteiger partial charge is 0.506 e. The maximum absolute atomic E-state index is 12.0. The van der Waals surface area contributed by atoms with Gasteiger partial charge in [0.15, 0.2) is 0 Å². The number of nitrogens with one attached hydrogen (secondary N) is 1. The molecule has 1 heterocycles. The van der Waals surface area contributed by atoms with E-state index in [1.807, 2.05) is 6.07 Å². The van der Waals surface area contributed by atoms with Crippen LogP contribution in [0.2, 0.25) is 0 Å². The molecule has 4 N–H and O–H groups in total. The number of anilines is 1. The molecule has 0 aliphatic heterocycles. The van der Waals surface area contributed by atoms with E-state index in [-0.39, 0.29) is 23.8 Å². The maximum atomic E-state index is 12.0. The number of carbonyl (C=O) groups excluding carboxylic acids is 1. The molecule has 1 aromatic heterocycles. The Morgan fingerprint density at radius 2 is 2.20 bits per heavy atom. The fraction of sp³-hybridized carbons (Fsp3) is 0.0667. The number of carbonyl (C=O) groups is 1. The van der Waals surface area contributed by atoms with Gasteiger partial charge in [-0.15, -0.1) is 0 Å². The first-order valence-corrected chi connectivity index (χ1v) is 5.93. The van der Waals surface area contributed by atoms with Gasteiger partial charge in [0, 0.05) is 17.4 Å². The molecule has 0 unspecified atom stereocenters. The highest BCUT2D eigenvalue weighted by Crippen LogP contribution is 2.13. The molecule has 2 aromatic rings. The van der Waals surface area contributed by atoms with Crippen molar-refractivity contribution in [2.24, 2.45) is 5.73 Å². The van der Waals surface area contributed by atoms with E-state index >= 15 is 0 Å².